The summed E-state index contributed by atoms with van der Waals surface area (Å²) in [6.45, 7) is 3.47. The van der Waals surface area contributed by atoms with Gasteiger partial charge in [0.2, 0.25) is 5.91 Å². The van der Waals surface area contributed by atoms with Crippen molar-refractivity contribution in [2.75, 3.05) is 13.1 Å². The summed E-state index contributed by atoms with van der Waals surface area (Å²) in [7, 11) is 0. The van der Waals surface area contributed by atoms with Crippen LogP contribution in [0, 0.1) is 6.92 Å². The van der Waals surface area contributed by atoms with E-state index in [1.807, 2.05) is 47.7 Å². The van der Waals surface area contributed by atoms with Crippen molar-refractivity contribution in [1.29, 1.82) is 0 Å². The summed E-state index contributed by atoms with van der Waals surface area (Å²) >= 11 is 1.64. The first-order valence-electron chi connectivity index (χ1n) is 9.25. The summed E-state index contributed by atoms with van der Waals surface area (Å²) in [5.41, 5.74) is 3.16. The van der Waals surface area contributed by atoms with Crippen LogP contribution in [-0.4, -0.2) is 38.8 Å². The fourth-order valence-corrected chi connectivity index (χ4v) is 4.35. The molecule has 0 saturated carbocycles. The summed E-state index contributed by atoms with van der Waals surface area (Å²) in [6.07, 6.45) is 8.01. The highest BCUT2D eigenvalue weighted by molar-refractivity contribution is 7.10. The third-order valence-corrected chi connectivity index (χ3v) is 5.87. The number of thiophene rings is 1. The third kappa shape index (κ3) is 4.06. The molecular weight excluding hydrogens is 356 g/mol. The van der Waals surface area contributed by atoms with Gasteiger partial charge in [0.1, 0.15) is 5.82 Å². The molecule has 0 spiro atoms. The number of carbonyl (C=O) groups is 1. The molecule has 4 heterocycles. The molecule has 1 aliphatic rings. The molecule has 138 valence electrons. The van der Waals surface area contributed by atoms with E-state index in [9.17, 15) is 4.79 Å². The highest BCUT2D eigenvalue weighted by atomic mass is 32.1. The Labute approximate surface area is 163 Å². The molecule has 0 N–H and O–H groups in total. The number of likely N-dealkylation sites (tertiary alicyclic amines) is 1. The Kier molecular flexibility index (Phi) is 5.25. The molecule has 3 aromatic heterocycles. The maximum absolute atomic E-state index is 12.8. The molecule has 1 fully saturated rings. The van der Waals surface area contributed by atoms with Crippen molar-refractivity contribution in [3.63, 3.8) is 0 Å². The molecule has 1 unspecified atom stereocenters. The largest absolute Gasteiger partial charge is 0.342 e. The number of nitrogens with zero attached hydrogens (tertiary/aromatic N) is 4. The number of aromatic nitrogens is 3. The molecule has 1 atom stereocenters. The zero-order valence-electron chi connectivity index (χ0n) is 15.3. The lowest BCUT2D eigenvalue weighted by atomic mass is 9.90. The van der Waals surface area contributed by atoms with Gasteiger partial charge >= 0.3 is 0 Å². The second kappa shape index (κ2) is 7.96. The van der Waals surface area contributed by atoms with E-state index in [0.717, 1.165) is 53.5 Å². The van der Waals surface area contributed by atoms with E-state index in [-0.39, 0.29) is 11.8 Å². The first-order valence-corrected chi connectivity index (χ1v) is 10.1. The van der Waals surface area contributed by atoms with Crippen molar-refractivity contribution < 1.29 is 4.79 Å². The van der Waals surface area contributed by atoms with Crippen molar-refractivity contribution in [3.8, 4) is 11.1 Å². The Hall–Kier alpha value is -2.60. The first-order chi connectivity index (χ1) is 13.2. The van der Waals surface area contributed by atoms with Crippen LogP contribution >= 0.6 is 11.3 Å². The smallest absolute Gasteiger partial charge is 0.227 e. The summed E-state index contributed by atoms with van der Waals surface area (Å²) < 4.78 is 0. The summed E-state index contributed by atoms with van der Waals surface area (Å²) in [4.78, 5) is 29.2. The van der Waals surface area contributed by atoms with E-state index < -0.39 is 0 Å². The topological polar surface area (TPSA) is 59.0 Å². The predicted molar refractivity (Wildman–Crippen MR) is 107 cm³/mol. The molecule has 0 radical (unpaired) electrons. The van der Waals surface area contributed by atoms with Crippen LogP contribution in [0.5, 0.6) is 0 Å². The highest BCUT2D eigenvalue weighted by Crippen LogP contribution is 2.33. The van der Waals surface area contributed by atoms with Gasteiger partial charge in [-0.05, 0) is 48.9 Å². The predicted octanol–water partition coefficient (Wildman–Crippen LogP) is 3.86. The normalized spacial score (nSPS) is 17.1. The number of piperidine rings is 1. The van der Waals surface area contributed by atoms with Crippen LogP contribution in [0.2, 0.25) is 0 Å². The van der Waals surface area contributed by atoms with Crippen LogP contribution in [-0.2, 0) is 11.2 Å². The minimum atomic E-state index is 0.207. The second-order valence-corrected chi connectivity index (χ2v) is 7.92. The van der Waals surface area contributed by atoms with E-state index in [2.05, 4.69) is 9.97 Å². The molecule has 27 heavy (non-hydrogen) atoms. The Balaban J connectivity index is 1.58. The average Bonchev–Trinajstić information content (AvgIpc) is 3.22. The molecule has 0 bridgehead atoms. The fraction of sp³-hybridized carbons (Fsp3) is 0.333. The number of aryl methyl sites for hydroxylation is 1. The van der Waals surface area contributed by atoms with Gasteiger partial charge in [0.05, 0.1) is 12.1 Å². The number of carbonyl (C=O) groups excluding carboxylic acids is 1. The van der Waals surface area contributed by atoms with E-state index in [4.69, 9.17) is 4.98 Å². The number of hydrogen-bond donors (Lipinski definition) is 0. The van der Waals surface area contributed by atoms with Gasteiger partial charge < -0.3 is 4.90 Å². The standard InChI is InChI=1S/C21H22N4OS/c1-15-23-13-19(16-6-8-22-9-7-16)21(24-15)17-4-2-10-25(14-17)20(26)12-18-5-3-11-27-18/h3,5-9,11,13,17H,2,4,10,12,14H2,1H3. The quantitative estimate of drug-likeness (QED) is 0.692. The Morgan fingerprint density at radius 3 is 2.93 bits per heavy atom. The van der Waals surface area contributed by atoms with Gasteiger partial charge in [-0.2, -0.15) is 0 Å². The average molecular weight is 379 g/mol. The molecule has 3 aromatic rings. The van der Waals surface area contributed by atoms with Crippen LogP contribution < -0.4 is 0 Å². The summed E-state index contributed by atoms with van der Waals surface area (Å²) in [6, 6.07) is 8.00. The van der Waals surface area contributed by atoms with Crippen molar-refractivity contribution in [2.45, 2.75) is 32.1 Å². The maximum Gasteiger partial charge on any atom is 0.227 e. The Bertz CT molecular complexity index is 911. The minimum Gasteiger partial charge on any atom is -0.342 e. The molecule has 1 aliphatic heterocycles. The van der Waals surface area contributed by atoms with Crippen molar-refractivity contribution in [2.24, 2.45) is 0 Å². The van der Waals surface area contributed by atoms with E-state index in [0.29, 0.717) is 6.42 Å². The molecule has 0 aromatic carbocycles. The minimum absolute atomic E-state index is 0.207. The lowest BCUT2D eigenvalue weighted by molar-refractivity contribution is -0.131. The molecule has 1 amide bonds. The molecule has 6 heteroatoms. The SMILES string of the molecule is Cc1ncc(-c2ccncc2)c(C2CCCN(C(=O)Cc3cccs3)C2)n1. The van der Waals surface area contributed by atoms with E-state index in [1.54, 1.807) is 23.7 Å². The van der Waals surface area contributed by atoms with Gasteiger partial charge in [-0.15, -0.1) is 11.3 Å². The zero-order valence-corrected chi connectivity index (χ0v) is 16.2. The van der Waals surface area contributed by atoms with Crippen molar-refractivity contribution >= 4 is 17.2 Å². The molecular formula is C21H22N4OS. The summed E-state index contributed by atoms with van der Waals surface area (Å²) in [5, 5.41) is 2.02. The highest BCUT2D eigenvalue weighted by Gasteiger charge is 2.28. The first kappa shape index (κ1) is 17.8. The van der Waals surface area contributed by atoms with Gasteiger partial charge in [-0.25, -0.2) is 9.97 Å². The second-order valence-electron chi connectivity index (χ2n) is 6.89. The van der Waals surface area contributed by atoms with Crippen LogP contribution in [0.4, 0.5) is 0 Å². The van der Waals surface area contributed by atoms with Gasteiger partial charge in [0.15, 0.2) is 0 Å². The van der Waals surface area contributed by atoms with Gasteiger partial charge in [-0.1, -0.05) is 6.07 Å². The Morgan fingerprint density at radius 2 is 2.15 bits per heavy atom. The Morgan fingerprint density at radius 1 is 1.30 bits per heavy atom. The van der Waals surface area contributed by atoms with E-state index >= 15 is 0 Å². The zero-order chi connectivity index (χ0) is 18.6. The lowest BCUT2D eigenvalue weighted by Crippen LogP contribution is -2.40. The van der Waals surface area contributed by atoms with E-state index in [1.165, 1.54) is 0 Å². The number of amides is 1. The molecule has 1 saturated heterocycles. The molecule has 0 aliphatic carbocycles. The molecule has 4 rings (SSSR count). The number of pyridine rings is 1. The van der Waals surface area contributed by atoms with Crippen LogP contribution in [0.3, 0.4) is 0 Å². The van der Waals surface area contributed by atoms with Gasteiger partial charge in [0.25, 0.3) is 0 Å². The van der Waals surface area contributed by atoms with Crippen molar-refractivity contribution in [1.82, 2.24) is 19.9 Å². The molecule has 5 nitrogen and oxygen atoms in total. The van der Waals surface area contributed by atoms with Crippen LogP contribution in [0.1, 0.15) is 35.2 Å². The maximum atomic E-state index is 12.8. The van der Waals surface area contributed by atoms with Crippen LogP contribution in [0.15, 0.2) is 48.2 Å². The third-order valence-electron chi connectivity index (χ3n) is 5.00. The summed E-state index contributed by atoms with van der Waals surface area (Å²) in [5.74, 6) is 1.21. The lowest BCUT2D eigenvalue weighted by Gasteiger charge is -2.33. The van der Waals surface area contributed by atoms with Gasteiger partial charge in [0, 0.05) is 48.0 Å². The van der Waals surface area contributed by atoms with Gasteiger partial charge in [-0.3, -0.25) is 9.78 Å². The monoisotopic (exact) mass is 378 g/mol. The number of rotatable bonds is 4. The van der Waals surface area contributed by atoms with Crippen molar-refractivity contribution in [3.05, 3.63) is 64.6 Å². The fourth-order valence-electron chi connectivity index (χ4n) is 3.65. The van der Waals surface area contributed by atoms with Crippen LogP contribution in [0.25, 0.3) is 11.1 Å². The number of hydrogen-bond acceptors (Lipinski definition) is 5.